The van der Waals surface area contributed by atoms with Gasteiger partial charge in [-0.1, -0.05) is 15.9 Å². The lowest BCUT2D eigenvalue weighted by molar-refractivity contribution is -0.122. The van der Waals surface area contributed by atoms with Crippen LogP contribution in [0.4, 0.5) is 5.69 Å². The van der Waals surface area contributed by atoms with E-state index in [4.69, 9.17) is 15.2 Å². The Morgan fingerprint density at radius 1 is 1.08 bits per heavy atom. The van der Waals surface area contributed by atoms with Crippen molar-refractivity contribution in [2.75, 3.05) is 11.9 Å². The first kappa shape index (κ1) is 17.8. The topological polar surface area (TPSA) is 90.7 Å². The van der Waals surface area contributed by atoms with Crippen LogP contribution in [-0.2, 0) is 9.59 Å². The SMILES string of the molecule is CC(Oc1ccc(Br)cc1)C(=O)Nc1ccc(OCC(N)=O)cc1. The van der Waals surface area contributed by atoms with Gasteiger partial charge in [0.2, 0.25) is 0 Å². The van der Waals surface area contributed by atoms with Crippen molar-refractivity contribution in [1.82, 2.24) is 0 Å². The fourth-order valence-electron chi connectivity index (χ4n) is 1.80. The van der Waals surface area contributed by atoms with E-state index < -0.39 is 12.0 Å². The average Bonchev–Trinajstić information content (AvgIpc) is 2.56. The third kappa shape index (κ3) is 5.58. The van der Waals surface area contributed by atoms with Gasteiger partial charge in [-0.3, -0.25) is 9.59 Å². The zero-order chi connectivity index (χ0) is 17.5. The number of carbonyl (C=O) groups excluding carboxylic acids is 2. The van der Waals surface area contributed by atoms with E-state index in [1.807, 2.05) is 12.1 Å². The molecule has 3 N–H and O–H groups in total. The number of nitrogens with two attached hydrogens (primary N) is 1. The molecule has 2 rings (SSSR count). The third-order valence-electron chi connectivity index (χ3n) is 3.00. The Hall–Kier alpha value is -2.54. The number of anilines is 1. The summed E-state index contributed by atoms with van der Waals surface area (Å²) in [6, 6.07) is 13.8. The monoisotopic (exact) mass is 392 g/mol. The average molecular weight is 393 g/mol. The molecule has 0 fully saturated rings. The Morgan fingerprint density at radius 2 is 1.67 bits per heavy atom. The van der Waals surface area contributed by atoms with E-state index in [1.54, 1.807) is 43.3 Å². The summed E-state index contributed by atoms with van der Waals surface area (Å²) in [5.41, 5.74) is 5.60. The maximum Gasteiger partial charge on any atom is 0.265 e. The van der Waals surface area contributed by atoms with E-state index in [9.17, 15) is 9.59 Å². The lowest BCUT2D eigenvalue weighted by Gasteiger charge is -2.15. The summed E-state index contributed by atoms with van der Waals surface area (Å²) in [5, 5.41) is 2.75. The minimum atomic E-state index is -0.656. The molecule has 0 bridgehead atoms. The van der Waals surface area contributed by atoms with Crippen LogP contribution in [0.3, 0.4) is 0 Å². The van der Waals surface area contributed by atoms with Crippen molar-refractivity contribution in [2.45, 2.75) is 13.0 Å². The van der Waals surface area contributed by atoms with E-state index in [1.165, 1.54) is 0 Å². The Labute approximate surface area is 148 Å². The summed E-state index contributed by atoms with van der Waals surface area (Å²) < 4.78 is 11.7. The van der Waals surface area contributed by atoms with Crippen LogP contribution >= 0.6 is 15.9 Å². The fourth-order valence-corrected chi connectivity index (χ4v) is 2.07. The second-order valence-corrected chi connectivity index (χ2v) is 5.90. The number of hydrogen-bond donors (Lipinski definition) is 2. The molecular formula is C17H17BrN2O4. The van der Waals surface area contributed by atoms with Crippen molar-refractivity contribution in [3.8, 4) is 11.5 Å². The molecule has 0 spiro atoms. The molecule has 0 aliphatic heterocycles. The normalized spacial score (nSPS) is 11.4. The number of rotatable bonds is 7. The molecule has 0 aliphatic rings. The van der Waals surface area contributed by atoms with Crippen LogP contribution in [0.15, 0.2) is 53.0 Å². The van der Waals surface area contributed by atoms with E-state index in [0.717, 1.165) is 4.47 Å². The predicted octanol–water partition coefficient (Wildman–Crippen LogP) is 2.72. The first-order chi connectivity index (χ1) is 11.4. The summed E-state index contributed by atoms with van der Waals surface area (Å²) in [6.07, 6.45) is -0.656. The second kappa shape index (κ2) is 8.35. The molecule has 0 aliphatic carbocycles. The highest BCUT2D eigenvalue weighted by Crippen LogP contribution is 2.19. The highest BCUT2D eigenvalue weighted by molar-refractivity contribution is 9.10. The van der Waals surface area contributed by atoms with E-state index in [-0.39, 0.29) is 12.5 Å². The minimum absolute atomic E-state index is 0.191. The van der Waals surface area contributed by atoms with Crippen molar-refractivity contribution in [3.05, 3.63) is 53.0 Å². The number of carbonyl (C=O) groups is 2. The van der Waals surface area contributed by atoms with E-state index in [0.29, 0.717) is 17.2 Å². The predicted molar refractivity (Wildman–Crippen MR) is 94.0 cm³/mol. The Balaban J connectivity index is 1.88. The standard InChI is InChI=1S/C17H17BrN2O4/c1-11(24-15-6-2-12(18)3-7-15)17(22)20-13-4-8-14(9-5-13)23-10-16(19)21/h2-9,11H,10H2,1H3,(H2,19,21)(H,20,22). The fraction of sp³-hybridized carbons (Fsp3) is 0.176. The van der Waals surface area contributed by atoms with Gasteiger partial charge in [-0.2, -0.15) is 0 Å². The molecule has 0 saturated heterocycles. The molecule has 0 aromatic heterocycles. The molecule has 0 radical (unpaired) electrons. The quantitative estimate of drug-likeness (QED) is 0.757. The smallest absolute Gasteiger partial charge is 0.265 e. The van der Waals surface area contributed by atoms with Crippen LogP contribution in [0.5, 0.6) is 11.5 Å². The van der Waals surface area contributed by atoms with E-state index in [2.05, 4.69) is 21.2 Å². The number of halogens is 1. The van der Waals surface area contributed by atoms with E-state index >= 15 is 0 Å². The summed E-state index contributed by atoms with van der Waals surface area (Å²) >= 11 is 3.34. The first-order valence-corrected chi connectivity index (χ1v) is 7.97. The Bertz CT molecular complexity index is 702. The van der Waals surface area contributed by atoms with Crippen LogP contribution < -0.4 is 20.5 Å². The molecular weight excluding hydrogens is 376 g/mol. The molecule has 0 heterocycles. The third-order valence-corrected chi connectivity index (χ3v) is 3.53. The number of amides is 2. The lowest BCUT2D eigenvalue weighted by Crippen LogP contribution is -2.30. The van der Waals surface area contributed by atoms with Gasteiger partial charge in [-0.15, -0.1) is 0 Å². The van der Waals surface area contributed by atoms with Gasteiger partial charge in [-0.05, 0) is 55.5 Å². The first-order valence-electron chi connectivity index (χ1n) is 7.18. The summed E-state index contributed by atoms with van der Waals surface area (Å²) in [4.78, 5) is 22.8. The highest BCUT2D eigenvalue weighted by Gasteiger charge is 2.15. The number of nitrogens with one attached hydrogen (secondary N) is 1. The maximum atomic E-state index is 12.1. The molecule has 2 aromatic rings. The van der Waals surface area contributed by atoms with Gasteiger partial charge in [-0.25, -0.2) is 0 Å². The van der Waals surface area contributed by atoms with Crippen molar-refractivity contribution in [2.24, 2.45) is 5.73 Å². The Morgan fingerprint density at radius 3 is 2.25 bits per heavy atom. The molecule has 0 saturated carbocycles. The van der Waals surface area contributed by atoms with Crippen molar-refractivity contribution in [3.63, 3.8) is 0 Å². The number of hydrogen-bond acceptors (Lipinski definition) is 4. The van der Waals surface area contributed by atoms with Crippen LogP contribution in [0, 0.1) is 0 Å². The lowest BCUT2D eigenvalue weighted by atomic mass is 10.2. The van der Waals surface area contributed by atoms with Crippen molar-refractivity contribution in [1.29, 1.82) is 0 Å². The van der Waals surface area contributed by atoms with Gasteiger partial charge in [0, 0.05) is 10.2 Å². The van der Waals surface area contributed by atoms with Crippen molar-refractivity contribution >= 4 is 33.4 Å². The van der Waals surface area contributed by atoms with Crippen LogP contribution in [0.2, 0.25) is 0 Å². The largest absolute Gasteiger partial charge is 0.484 e. The molecule has 24 heavy (non-hydrogen) atoms. The van der Waals surface area contributed by atoms with Crippen LogP contribution in [-0.4, -0.2) is 24.5 Å². The number of benzene rings is 2. The molecule has 7 heteroatoms. The van der Waals surface area contributed by atoms with Gasteiger partial charge in [0.25, 0.3) is 11.8 Å². The van der Waals surface area contributed by atoms with Crippen molar-refractivity contribution < 1.29 is 19.1 Å². The minimum Gasteiger partial charge on any atom is -0.484 e. The summed E-state index contributed by atoms with van der Waals surface area (Å²) in [6.45, 7) is 1.48. The molecule has 6 nitrogen and oxygen atoms in total. The van der Waals surface area contributed by atoms with Crippen LogP contribution in [0.25, 0.3) is 0 Å². The van der Waals surface area contributed by atoms with Gasteiger partial charge >= 0.3 is 0 Å². The highest BCUT2D eigenvalue weighted by atomic mass is 79.9. The molecule has 1 atom stereocenters. The second-order valence-electron chi connectivity index (χ2n) is 4.98. The summed E-state index contributed by atoms with van der Waals surface area (Å²) in [5.74, 6) is 0.275. The molecule has 126 valence electrons. The van der Waals surface area contributed by atoms with Gasteiger partial charge < -0.3 is 20.5 Å². The zero-order valence-corrected chi connectivity index (χ0v) is 14.6. The number of primary amides is 1. The molecule has 1 unspecified atom stereocenters. The maximum absolute atomic E-state index is 12.1. The molecule has 2 aromatic carbocycles. The number of ether oxygens (including phenoxy) is 2. The van der Waals surface area contributed by atoms with Gasteiger partial charge in [0.05, 0.1) is 0 Å². The van der Waals surface area contributed by atoms with Gasteiger partial charge in [0.15, 0.2) is 12.7 Å². The zero-order valence-electron chi connectivity index (χ0n) is 13.0. The van der Waals surface area contributed by atoms with Gasteiger partial charge in [0.1, 0.15) is 11.5 Å². The summed E-state index contributed by atoms with van der Waals surface area (Å²) in [7, 11) is 0. The Kier molecular flexibility index (Phi) is 6.20. The van der Waals surface area contributed by atoms with Crippen LogP contribution in [0.1, 0.15) is 6.92 Å². The molecule has 2 amide bonds.